The first-order chi connectivity index (χ1) is 17.7. The second-order valence-corrected chi connectivity index (χ2v) is 9.68. The van der Waals surface area contributed by atoms with Gasteiger partial charge in [0.1, 0.15) is 17.4 Å². The molecule has 0 spiro atoms. The number of benzene rings is 3. The molecule has 1 atom stereocenters. The van der Waals surface area contributed by atoms with Crippen molar-refractivity contribution >= 4 is 56.2 Å². The molecule has 1 N–H and O–H groups in total. The molecule has 0 unspecified atom stereocenters. The predicted octanol–water partition coefficient (Wildman–Crippen LogP) is 6.36. The Morgan fingerprint density at radius 1 is 1.22 bits per heavy atom. The standard InChI is InChI=1S/C27H23BrClFN4O3/c1-3-16(2)26-33-23-10-4-18(28)13-22(23)27(36)34(26)31-14-17-12-19(29)5-11-24(17)37-15-25(35)32-21-8-6-20(30)7-9-21/h4-14,16H,3,15H2,1-2H3,(H,32,35)/t16-/m1/s1. The van der Waals surface area contributed by atoms with Crippen LogP contribution < -0.4 is 15.6 Å². The van der Waals surface area contributed by atoms with Crippen molar-refractivity contribution in [3.63, 3.8) is 0 Å². The second-order valence-electron chi connectivity index (χ2n) is 8.33. The maximum absolute atomic E-state index is 13.4. The van der Waals surface area contributed by atoms with Crippen molar-refractivity contribution < 1.29 is 13.9 Å². The largest absolute Gasteiger partial charge is 0.483 e. The fraction of sp³-hybridized carbons (Fsp3) is 0.185. The van der Waals surface area contributed by atoms with Gasteiger partial charge in [0.05, 0.1) is 17.1 Å². The topological polar surface area (TPSA) is 85.6 Å². The Morgan fingerprint density at radius 3 is 2.70 bits per heavy atom. The van der Waals surface area contributed by atoms with Crippen LogP contribution in [0.5, 0.6) is 5.75 Å². The lowest BCUT2D eigenvalue weighted by Crippen LogP contribution is -2.24. The molecule has 190 valence electrons. The van der Waals surface area contributed by atoms with Crippen LogP contribution in [-0.2, 0) is 4.79 Å². The number of nitrogens with one attached hydrogen (secondary N) is 1. The molecule has 0 bridgehead atoms. The van der Waals surface area contributed by atoms with Crippen molar-refractivity contribution in [2.75, 3.05) is 11.9 Å². The Morgan fingerprint density at radius 2 is 1.97 bits per heavy atom. The molecule has 1 heterocycles. The first kappa shape index (κ1) is 26.5. The lowest BCUT2D eigenvalue weighted by atomic mass is 10.1. The number of nitrogens with zero attached hydrogens (tertiary/aromatic N) is 3. The van der Waals surface area contributed by atoms with Gasteiger partial charge in [-0.1, -0.05) is 41.4 Å². The van der Waals surface area contributed by atoms with E-state index in [2.05, 4.69) is 26.3 Å². The number of fused-ring (bicyclic) bond motifs is 1. The van der Waals surface area contributed by atoms with Gasteiger partial charge in [0.15, 0.2) is 6.61 Å². The average molecular weight is 586 g/mol. The van der Waals surface area contributed by atoms with Crippen molar-refractivity contribution in [3.05, 3.63) is 97.7 Å². The number of carbonyl (C=O) groups excluding carboxylic acids is 1. The van der Waals surface area contributed by atoms with Crippen molar-refractivity contribution in [2.45, 2.75) is 26.2 Å². The zero-order valence-corrected chi connectivity index (χ0v) is 22.4. The first-order valence-corrected chi connectivity index (χ1v) is 12.7. The van der Waals surface area contributed by atoms with E-state index in [1.54, 1.807) is 30.3 Å². The van der Waals surface area contributed by atoms with E-state index in [0.29, 0.717) is 38.8 Å². The normalized spacial score (nSPS) is 12.1. The Kier molecular flexibility index (Phi) is 8.35. The lowest BCUT2D eigenvalue weighted by Gasteiger charge is -2.14. The van der Waals surface area contributed by atoms with E-state index in [1.807, 2.05) is 19.9 Å². The van der Waals surface area contributed by atoms with Crippen LogP contribution in [0.25, 0.3) is 10.9 Å². The zero-order valence-electron chi connectivity index (χ0n) is 20.0. The summed E-state index contributed by atoms with van der Waals surface area (Å²) in [5.74, 6) is 0.0233. The van der Waals surface area contributed by atoms with Gasteiger partial charge < -0.3 is 10.1 Å². The summed E-state index contributed by atoms with van der Waals surface area (Å²) >= 11 is 9.60. The Bertz CT molecular complexity index is 1540. The van der Waals surface area contributed by atoms with Crippen LogP contribution in [0.4, 0.5) is 10.1 Å². The number of amides is 1. The van der Waals surface area contributed by atoms with Gasteiger partial charge in [0, 0.05) is 26.7 Å². The molecule has 1 amide bonds. The molecule has 0 fully saturated rings. The molecular formula is C27H23BrClFN4O3. The van der Waals surface area contributed by atoms with Gasteiger partial charge >= 0.3 is 0 Å². The molecule has 0 radical (unpaired) electrons. The molecule has 4 aromatic rings. The number of carbonyl (C=O) groups is 1. The van der Waals surface area contributed by atoms with Gasteiger partial charge in [0.2, 0.25) is 0 Å². The summed E-state index contributed by atoms with van der Waals surface area (Å²) in [6.45, 7) is 3.69. The summed E-state index contributed by atoms with van der Waals surface area (Å²) in [6.07, 6.45) is 2.22. The highest BCUT2D eigenvalue weighted by Crippen LogP contribution is 2.23. The summed E-state index contributed by atoms with van der Waals surface area (Å²) in [6, 6.07) is 15.6. The fourth-order valence-electron chi connectivity index (χ4n) is 3.52. The molecule has 10 heteroatoms. The minimum Gasteiger partial charge on any atom is -0.483 e. The van der Waals surface area contributed by atoms with E-state index in [0.717, 1.165) is 10.9 Å². The average Bonchev–Trinajstić information content (AvgIpc) is 2.88. The molecule has 0 saturated heterocycles. The van der Waals surface area contributed by atoms with Gasteiger partial charge in [-0.2, -0.15) is 9.78 Å². The maximum atomic E-state index is 13.4. The molecule has 3 aromatic carbocycles. The minimum atomic E-state index is -0.427. The Hall–Kier alpha value is -3.56. The Labute approximate surface area is 226 Å². The van der Waals surface area contributed by atoms with Crippen molar-refractivity contribution in [1.82, 2.24) is 9.66 Å². The van der Waals surface area contributed by atoms with E-state index in [1.165, 1.54) is 35.2 Å². The van der Waals surface area contributed by atoms with Crippen LogP contribution in [0.3, 0.4) is 0 Å². The summed E-state index contributed by atoms with van der Waals surface area (Å²) in [4.78, 5) is 30.4. The van der Waals surface area contributed by atoms with Crippen LogP contribution >= 0.6 is 27.5 Å². The fourth-order valence-corrected chi connectivity index (χ4v) is 4.07. The van der Waals surface area contributed by atoms with Crippen molar-refractivity contribution in [1.29, 1.82) is 0 Å². The van der Waals surface area contributed by atoms with Crippen LogP contribution in [0.15, 0.2) is 75.0 Å². The smallest absolute Gasteiger partial charge is 0.282 e. The summed E-state index contributed by atoms with van der Waals surface area (Å²) in [5, 5.41) is 7.95. The number of ether oxygens (including phenoxy) is 1. The Balaban J connectivity index is 1.63. The summed E-state index contributed by atoms with van der Waals surface area (Å²) < 4.78 is 20.8. The molecule has 7 nitrogen and oxygen atoms in total. The van der Waals surface area contributed by atoms with Crippen LogP contribution in [0.1, 0.15) is 37.6 Å². The number of aromatic nitrogens is 2. The first-order valence-electron chi connectivity index (χ1n) is 11.5. The van der Waals surface area contributed by atoms with Crippen LogP contribution in [0, 0.1) is 5.82 Å². The summed E-state index contributed by atoms with van der Waals surface area (Å²) in [7, 11) is 0. The van der Waals surface area contributed by atoms with Crippen LogP contribution in [-0.4, -0.2) is 28.4 Å². The third-order valence-corrected chi connectivity index (χ3v) is 6.39. The third-order valence-electron chi connectivity index (χ3n) is 5.66. The molecule has 0 aliphatic heterocycles. The molecule has 1 aromatic heterocycles. The van der Waals surface area contributed by atoms with E-state index < -0.39 is 11.7 Å². The highest BCUT2D eigenvalue weighted by Gasteiger charge is 2.16. The lowest BCUT2D eigenvalue weighted by molar-refractivity contribution is -0.118. The number of hydrogen-bond acceptors (Lipinski definition) is 5. The van der Waals surface area contributed by atoms with Gasteiger partial charge in [-0.05, 0) is 67.1 Å². The third kappa shape index (κ3) is 6.42. The van der Waals surface area contributed by atoms with Gasteiger partial charge in [-0.15, -0.1) is 0 Å². The number of hydrogen-bond donors (Lipinski definition) is 1. The van der Waals surface area contributed by atoms with Crippen molar-refractivity contribution in [3.8, 4) is 5.75 Å². The summed E-state index contributed by atoms with van der Waals surface area (Å²) in [5.41, 5.74) is 1.20. The number of halogens is 3. The predicted molar refractivity (Wildman–Crippen MR) is 147 cm³/mol. The van der Waals surface area contributed by atoms with Gasteiger partial charge in [0.25, 0.3) is 11.5 Å². The van der Waals surface area contributed by atoms with Crippen molar-refractivity contribution in [2.24, 2.45) is 5.10 Å². The highest BCUT2D eigenvalue weighted by atomic mass is 79.9. The number of rotatable bonds is 8. The minimum absolute atomic E-state index is 0.0249. The highest BCUT2D eigenvalue weighted by molar-refractivity contribution is 9.10. The molecule has 0 saturated carbocycles. The molecule has 0 aliphatic carbocycles. The maximum Gasteiger partial charge on any atom is 0.282 e. The van der Waals surface area contributed by atoms with E-state index in [4.69, 9.17) is 21.3 Å². The number of anilines is 1. The van der Waals surface area contributed by atoms with E-state index in [9.17, 15) is 14.0 Å². The van der Waals surface area contributed by atoms with E-state index in [-0.39, 0.29) is 18.1 Å². The molecule has 4 rings (SSSR count). The van der Waals surface area contributed by atoms with Gasteiger partial charge in [-0.3, -0.25) is 9.59 Å². The molecule has 0 aliphatic rings. The van der Waals surface area contributed by atoms with Gasteiger partial charge in [-0.25, -0.2) is 9.37 Å². The zero-order chi connectivity index (χ0) is 26.5. The second kappa shape index (κ2) is 11.7. The van der Waals surface area contributed by atoms with E-state index >= 15 is 0 Å². The quantitative estimate of drug-likeness (QED) is 0.244. The van der Waals surface area contributed by atoms with Crippen LogP contribution in [0.2, 0.25) is 5.02 Å². The SMILES string of the molecule is CC[C@@H](C)c1nc2ccc(Br)cc2c(=O)n1N=Cc1cc(Cl)ccc1OCC(=O)Nc1ccc(F)cc1. The molecular weight excluding hydrogens is 563 g/mol. The molecule has 37 heavy (non-hydrogen) atoms. The monoisotopic (exact) mass is 584 g/mol.